The summed E-state index contributed by atoms with van der Waals surface area (Å²) in [6, 6.07) is 6.40. The standard InChI is InChI=1S/C17H27N3O/c1-4-19-7-9-20(10-8-19)17(21)5-6-18-16-12-14(2)11-15(3)13-16/h11-13,18H,4-10H2,1-3H3. The number of piperazine rings is 1. The van der Waals surface area contributed by atoms with Crippen LogP contribution in [-0.2, 0) is 4.79 Å². The van der Waals surface area contributed by atoms with Crippen molar-refractivity contribution >= 4 is 11.6 Å². The first kappa shape index (κ1) is 15.8. The van der Waals surface area contributed by atoms with E-state index in [9.17, 15) is 4.79 Å². The second kappa shape index (κ2) is 7.46. The van der Waals surface area contributed by atoms with Gasteiger partial charge in [0.1, 0.15) is 0 Å². The molecular formula is C17H27N3O. The maximum atomic E-state index is 12.2. The molecule has 0 bridgehead atoms. The first-order valence-electron chi connectivity index (χ1n) is 7.91. The topological polar surface area (TPSA) is 35.6 Å². The molecule has 1 amide bonds. The van der Waals surface area contributed by atoms with Crippen molar-refractivity contribution in [2.75, 3.05) is 44.6 Å². The molecule has 21 heavy (non-hydrogen) atoms. The van der Waals surface area contributed by atoms with E-state index >= 15 is 0 Å². The number of hydrogen-bond donors (Lipinski definition) is 1. The molecule has 1 aliphatic heterocycles. The highest BCUT2D eigenvalue weighted by Gasteiger charge is 2.19. The fraction of sp³-hybridized carbons (Fsp3) is 0.588. The van der Waals surface area contributed by atoms with Crippen molar-refractivity contribution in [2.45, 2.75) is 27.2 Å². The molecule has 1 aliphatic rings. The first-order chi connectivity index (χ1) is 10.1. The molecule has 1 fully saturated rings. The van der Waals surface area contributed by atoms with Crippen molar-refractivity contribution in [3.8, 4) is 0 Å². The molecule has 0 saturated carbocycles. The molecule has 4 heteroatoms. The van der Waals surface area contributed by atoms with Gasteiger partial charge in [-0.2, -0.15) is 0 Å². The maximum Gasteiger partial charge on any atom is 0.224 e. The SMILES string of the molecule is CCN1CCN(C(=O)CCNc2cc(C)cc(C)c2)CC1. The molecule has 116 valence electrons. The van der Waals surface area contributed by atoms with Crippen LogP contribution >= 0.6 is 0 Å². The van der Waals surface area contributed by atoms with Gasteiger partial charge in [-0.1, -0.05) is 13.0 Å². The number of nitrogens with zero attached hydrogens (tertiary/aromatic N) is 2. The van der Waals surface area contributed by atoms with Gasteiger partial charge in [-0.05, 0) is 43.7 Å². The number of amides is 1. The lowest BCUT2D eigenvalue weighted by atomic mass is 10.1. The van der Waals surface area contributed by atoms with Crippen molar-refractivity contribution < 1.29 is 4.79 Å². The summed E-state index contributed by atoms with van der Waals surface area (Å²) in [5, 5.41) is 3.36. The zero-order chi connectivity index (χ0) is 15.2. The molecule has 0 radical (unpaired) electrons. The number of benzene rings is 1. The van der Waals surface area contributed by atoms with Crippen LogP contribution in [-0.4, -0.2) is 55.0 Å². The van der Waals surface area contributed by atoms with Gasteiger partial charge in [-0.25, -0.2) is 0 Å². The van der Waals surface area contributed by atoms with Crippen LogP contribution < -0.4 is 5.32 Å². The predicted molar refractivity (Wildman–Crippen MR) is 87.7 cm³/mol. The Morgan fingerprint density at radius 1 is 1.10 bits per heavy atom. The largest absolute Gasteiger partial charge is 0.385 e. The fourth-order valence-corrected chi connectivity index (χ4v) is 2.86. The van der Waals surface area contributed by atoms with Crippen LogP contribution in [0.2, 0.25) is 0 Å². The Labute approximate surface area is 128 Å². The summed E-state index contributed by atoms with van der Waals surface area (Å²) >= 11 is 0. The van der Waals surface area contributed by atoms with Crippen molar-refractivity contribution in [2.24, 2.45) is 0 Å². The van der Waals surface area contributed by atoms with Crippen molar-refractivity contribution in [1.29, 1.82) is 0 Å². The molecule has 2 rings (SSSR count). The summed E-state index contributed by atoms with van der Waals surface area (Å²) in [5.41, 5.74) is 3.61. The Morgan fingerprint density at radius 3 is 2.29 bits per heavy atom. The first-order valence-corrected chi connectivity index (χ1v) is 7.91. The molecule has 1 heterocycles. The highest BCUT2D eigenvalue weighted by Crippen LogP contribution is 2.13. The molecule has 1 N–H and O–H groups in total. The molecule has 0 spiro atoms. The number of hydrogen-bond acceptors (Lipinski definition) is 3. The summed E-state index contributed by atoms with van der Waals surface area (Å²) < 4.78 is 0. The van der Waals surface area contributed by atoms with Gasteiger partial charge in [0.15, 0.2) is 0 Å². The highest BCUT2D eigenvalue weighted by molar-refractivity contribution is 5.76. The van der Waals surface area contributed by atoms with Gasteiger partial charge in [-0.3, -0.25) is 4.79 Å². The lowest BCUT2D eigenvalue weighted by molar-refractivity contribution is -0.132. The number of anilines is 1. The summed E-state index contributed by atoms with van der Waals surface area (Å²) in [6.45, 7) is 11.9. The van der Waals surface area contributed by atoms with Gasteiger partial charge in [0, 0.05) is 44.8 Å². The van der Waals surface area contributed by atoms with Crippen LogP contribution in [0.25, 0.3) is 0 Å². The summed E-state index contributed by atoms with van der Waals surface area (Å²) in [6.07, 6.45) is 0.569. The molecule has 1 aromatic carbocycles. The van der Waals surface area contributed by atoms with Crippen LogP contribution in [0.5, 0.6) is 0 Å². The monoisotopic (exact) mass is 289 g/mol. The summed E-state index contributed by atoms with van der Waals surface area (Å²) in [5.74, 6) is 0.266. The van der Waals surface area contributed by atoms with E-state index in [0.717, 1.165) is 38.4 Å². The minimum Gasteiger partial charge on any atom is -0.385 e. The third-order valence-electron chi connectivity index (χ3n) is 4.06. The van der Waals surface area contributed by atoms with E-state index in [1.54, 1.807) is 0 Å². The van der Waals surface area contributed by atoms with E-state index in [0.29, 0.717) is 13.0 Å². The second-order valence-electron chi connectivity index (χ2n) is 5.87. The Hall–Kier alpha value is -1.55. The molecule has 1 saturated heterocycles. The molecule has 0 unspecified atom stereocenters. The summed E-state index contributed by atoms with van der Waals surface area (Å²) in [4.78, 5) is 16.6. The highest BCUT2D eigenvalue weighted by atomic mass is 16.2. The van der Waals surface area contributed by atoms with Gasteiger partial charge >= 0.3 is 0 Å². The Balaban J connectivity index is 1.74. The zero-order valence-electron chi connectivity index (χ0n) is 13.5. The van der Waals surface area contributed by atoms with Crippen LogP contribution in [0, 0.1) is 13.8 Å². The maximum absolute atomic E-state index is 12.2. The number of carbonyl (C=O) groups is 1. The van der Waals surface area contributed by atoms with E-state index in [1.165, 1.54) is 11.1 Å². The number of nitrogens with one attached hydrogen (secondary N) is 1. The zero-order valence-corrected chi connectivity index (χ0v) is 13.5. The van der Waals surface area contributed by atoms with E-state index < -0.39 is 0 Å². The average molecular weight is 289 g/mol. The van der Waals surface area contributed by atoms with Crippen molar-refractivity contribution in [1.82, 2.24) is 9.80 Å². The smallest absolute Gasteiger partial charge is 0.224 e. The van der Waals surface area contributed by atoms with E-state index in [1.807, 2.05) is 4.90 Å². The van der Waals surface area contributed by atoms with Gasteiger partial charge in [0.25, 0.3) is 0 Å². The van der Waals surface area contributed by atoms with Crippen molar-refractivity contribution in [3.05, 3.63) is 29.3 Å². The lowest BCUT2D eigenvalue weighted by Crippen LogP contribution is -2.48. The number of carbonyl (C=O) groups excluding carboxylic acids is 1. The third kappa shape index (κ3) is 4.74. The Kier molecular flexibility index (Phi) is 5.62. The van der Waals surface area contributed by atoms with E-state index in [4.69, 9.17) is 0 Å². The minimum atomic E-state index is 0.266. The van der Waals surface area contributed by atoms with Gasteiger partial charge in [0.05, 0.1) is 0 Å². The predicted octanol–water partition coefficient (Wildman–Crippen LogP) is 2.27. The molecule has 0 atom stereocenters. The van der Waals surface area contributed by atoms with E-state index in [2.05, 4.69) is 49.2 Å². The quantitative estimate of drug-likeness (QED) is 0.903. The molecule has 0 aliphatic carbocycles. The van der Waals surface area contributed by atoms with Crippen LogP contribution in [0.15, 0.2) is 18.2 Å². The number of likely N-dealkylation sites (N-methyl/N-ethyl adjacent to an activating group) is 1. The van der Waals surface area contributed by atoms with Gasteiger partial charge in [0.2, 0.25) is 5.91 Å². The number of aryl methyl sites for hydroxylation is 2. The second-order valence-corrected chi connectivity index (χ2v) is 5.87. The average Bonchev–Trinajstić information content (AvgIpc) is 2.46. The molecule has 0 aromatic heterocycles. The van der Waals surface area contributed by atoms with Crippen LogP contribution in [0.3, 0.4) is 0 Å². The molecule has 1 aromatic rings. The molecular weight excluding hydrogens is 262 g/mol. The minimum absolute atomic E-state index is 0.266. The normalized spacial score (nSPS) is 16.0. The summed E-state index contributed by atoms with van der Waals surface area (Å²) in [7, 11) is 0. The fourth-order valence-electron chi connectivity index (χ4n) is 2.86. The Bertz CT molecular complexity index is 459. The third-order valence-corrected chi connectivity index (χ3v) is 4.06. The van der Waals surface area contributed by atoms with Gasteiger partial charge in [-0.15, -0.1) is 0 Å². The van der Waals surface area contributed by atoms with Crippen LogP contribution in [0.4, 0.5) is 5.69 Å². The lowest BCUT2D eigenvalue weighted by Gasteiger charge is -2.34. The number of rotatable bonds is 5. The van der Waals surface area contributed by atoms with Gasteiger partial charge < -0.3 is 15.1 Å². The van der Waals surface area contributed by atoms with Crippen molar-refractivity contribution in [3.63, 3.8) is 0 Å². The van der Waals surface area contributed by atoms with Crippen LogP contribution in [0.1, 0.15) is 24.5 Å². The Morgan fingerprint density at radius 2 is 1.71 bits per heavy atom. The van der Waals surface area contributed by atoms with E-state index in [-0.39, 0.29) is 5.91 Å². The molecule has 4 nitrogen and oxygen atoms in total.